The molecule has 2 amide bonds. The molecule has 0 radical (unpaired) electrons. The van der Waals surface area contributed by atoms with Crippen molar-refractivity contribution < 1.29 is 4.79 Å². The summed E-state index contributed by atoms with van der Waals surface area (Å²) in [5, 5.41) is 6.96. The van der Waals surface area contributed by atoms with Crippen LogP contribution in [0.1, 0.15) is 31.2 Å². The third-order valence-corrected chi connectivity index (χ3v) is 5.26. The Morgan fingerprint density at radius 3 is 2.70 bits per heavy atom. The number of halogens is 2. The molecule has 2 aliphatic rings. The van der Waals surface area contributed by atoms with Gasteiger partial charge in [0.2, 0.25) is 0 Å². The van der Waals surface area contributed by atoms with Gasteiger partial charge in [0.1, 0.15) is 0 Å². The molecule has 0 aliphatic heterocycles. The number of carbonyl (C=O) groups is 1. The van der Waals surface area contributed by atoms with Crippen LogP contribution in [0.5, 0.6) is 0 Å². The predicted octanol–water partition coefficient (Wildman–Crippen LogP) is 3.98. The van der Waals surface area contributed by atoms with Crippen molar-refractivity contribution in [1.82, 2.24) is 10.6 Å². The molecular weight excluding hydrogens is 295 g/mol. The number of rotatable bonds is 4. The van der Waals surface area contributed by atoms with Gasteiger partial charge >= 0.3 is 6.03 Å². The maximum absolute atomic E-state index is 11.8. The highest BCUT2D eigenvalue weighted by molar-refractivity contribution is 6.35. The molecule has 108 valence electrons. The highest BCUT2D eigenvalue weighted by Gasteiger charge is 2.56. The number of benzene rings is 1. The lowest BCUT2D eigenvalue weighted by atomic mass is 9.80. The van der Waals surface area contributed by atoms with Gasteiger partial charge in [-0.05, 0) is 48.3 Å². The molecule has 2 N–H and O–H groups in total. The zero-order chi connectivity index (χ0) is 14.2. The standard InChI is InChI=1S/C15H18Cl2N2O/c16-12-3-2-10(13(17)6-12)8-18-14(20)19-9-11-7-15(11)4-1-5-15/h2-3,6,11H,1,4-5,7-9H2,(H2,18,19,20). The molecule has 1 spiro atoms. The van der Waals surface area contributed by atoms with E-state index in [-0.39, 0.29) is 6.03 Å². The van der Waals surface area contributed by atoms with Gasteiger partial charge in [-0.1, -0.05) is 35.7 Å². The van der Waals surface area contributed by atoms with E-state index in [1.807, 2.05) is 6.07 Å². The predicted molar refractivity (Wildman–Crippen MR) is 81.1 cm³/mol. The number of carbonyl (C=O) groups excluding carboxylic acids is 1. The molecule has 2 fully saturated rings. The highest BCUT2D eigenvalue weighted by atomic mass is 35.5. The van der Waals surface area contributed by atoms with E-state index < -0.39 is 0 Å². The Bertz CT molecular complexity index is 529. The Labute approximate surface area is 129 Å². The number of hydrogen-bond acceptors (Lipinski definition) is 1. The monoisotopic (exact) mass is 312 g/mol. The lowest BCUT2D eigenvalue weighted by molar-refractivity contribution is 0.233. The zero-order valence-electron chi connectivity index (χ0n) is 11.2. The van der Waals surface area contributed by atoms with Crippen molar-refractivity contribution in [3.05, 3.63) is 33.8 Å². The fourth-order valence-corrected chi connectivity index (χ4v) is 3.56. The lowest BCUT2D eigenvalue weighted by Gasteiger charge is -2.26. The summed E-state index contributed by atoms with van der Waals surface area (Å²) in [6.45, 7) is 1.21. The SMILES string of the molecule is O=C(NCc1ccc(Cl)cc1Cl)NCC1CC12CCC2. The summed E-state index contributed by atoms with van der Waals surface area (Å²) < 4.78 is 0. The minimum absolute atomic E-state index is 0.127. The molecule has 2 saturated carbocycles. The van der Waals surface area contributed by atoms with E-state index in [4.69, 9.17) is 23.2 Å². The van der Waals surface area contributed by atoms with E-state index >= 15 is 0 Å². The molecule has 0 heterocycles. The van der Waals surface area contributed by atoms with Crippen LogP contribution in [0.15, 0.2) is 18.2 Å². The fourth-order valence-electron chi connectivity index (χ4n) is 3.08. The summed E-state index contributed by atoms with van der Waals surface area (Å²) in [5.74, 6) is 0.695. The van der Waals surface area contributed by atoms with Crippen molar-refractivity contribution in [1.29, 1.82) is 0 Å². The molecule has 1 aromatic rings. The van der Waals surface area contributed by atoms with Crippen LogP contribution in [0.4, 0.5) is 4.79 Å². The second-order valence-electron chi connectivity index (χ2n) is 5.92. The van der Waals surface area contributed by atoms with Gasteiger partial charge in [-0.3, -0.25) is 0 Å². The molecule has 2 aliphatic carbocycles. The van der Waals surface area contributed by atoms with Crippen LogP contribution in [-0.2, 0) is 6.54 Å². The molecule has 0 bridgehead atoms. The third-order valence-electron chi connectivity index (χ3n) is 4.67. The third kappa shape index (κ3) is 2.89. The quantitative estimate of drug-likeness (QED) is 0.867. The van der Waals surface area contributed by atoms with Gasteiger partial charge in [-0.2, -0.15) is 0 Å². The lowest BCUT2D eigenvalue weighted by Crippen LogP contribution is -2.37. The van der Waals surface area contributed by atoms with Crippen molar-refractivity contribution in [3.63, 3.8) is 0 Å². The van der Waals surface area contributed by atoms with Crippen molar-refractivity contribution >= 4 is 29.2 Å². The smallest absolute Gasteiger partial charge is 0.315 e. The van der Waals surface area contributed by atoms with E-state index in [1.54, 1.807) is 12.1 Å². The molecule has 20 heavy (non-hydrogen) atoms. The van der Waals surface area contributed by atoms with E-state index in [0.717, 1.165) is 12.1 Å². The second-order valence-corrected chi connectivity index (χ2v) is 6.76. The molecule has 1 aromatic carbocycles. The topological polar surface area (TPSA) is 41.1 Å². The molecular formula is C15H18Cl2N2O. The van der Waals surface area contributed by atoms with Crippen LogP contribution in [0.3, 0.4) is 0 Å². The van der Waals surface area contributed by atoms with E-state index in [9.17, 15) is 4.79 Å². The zero-order valence-corrected chi connectivity index (χ0v) is 12.7. The number of nitrogens with one attached hydrogen (secondary N) is 2. The van der Waals surface area contributed by atoms with E-state index in [0.29, 0.717) is 27.9 Å². The van der Waals surface area contributed by atoms with Crippen LogP contribution in [0.2, 0.25) is 10.0 Å². The summed E-state index contributed by atoms with van der Waals surface area (Å²) in [7, 11) is 0. The van der Waals surface area contributed by atoms with Crippen LogP contribution < -0.4 is 10.6 Å². The average Bonchev–Trinajstić information content (AvgIpc) is 3.10. The number of urea groups is 1. The minimum atomic E-state index is -0.127. The first kappa shape index (κ1) is 14.0. The fraction of sp³-hybridized carbons (Fsp3) is 0.533. The highest BCUT2D eigenvalue weighted by Crippen LogP contribution is 2.65. The first-order valence-electron chi connectivity index (χ1n) is 7.05. The summed E-state index contributed by atoms with van der Waals surface area (Å²) in [4.78, 5) is 11.8. The van der Waals surface area contributed by atoms with Crippen LogP contribution in [0.25, 0.3) is 0 Å². The maximum Gasteiger partial charge on any atom is 0.315 e. The molecule has 1 atom stereocenters. The molecule has 1 unspecified atom stereocenters. The normalized spacial score (nSPS) is 22.2. The van der Waals surface area contributed by atoms with Gasteiger partial charge in [-0.15, -0.1) is 0 Å². The Morgan fingerprint density at radius 1 is 1.30 bits per heavy atom. The van der Waals surface area contributed by atoms with Gasteiger partial charge in [0.25, 0.3) is 0 Å². The molecule has 3 nitrogen and oxygen atoms in total. The van der Waals surface area contributed by atoms with Gasteiger partial charge in [0.15, 0.2) is 0 Å². The van der Waals surface area contributed by atoms with Crippen molar-refractivity contribution in [2.24, 2.45) is 11.3 Å². The Hall–Kier alpha value is -0.930. The van der Waals surface area contributed by atoms with Crippen LogP contribution in [0, 0.1) is 11.3 Å². The van der Waals surface area contributed by atoms with Crippen molar-refractivity contribution in [3.8, 4) is 0 Å². The molecule has 3 rings (SSSR count). The van der Waals surface area contributed by atoms with Crippen molar-refractivity contribution in [2.45, 2.75) is 32.2 Å². The number of amides is 2. The summed E-state index contributed by atoms with van der Waals surface area (Å²) in [5.41, 5.74) is 1.47. The minimum Gasteiger partial charge on any atom is -0.338 e. The van der Waals surface area contributed by atoms with Crippen molar-refractivity contribution in [2.75, 3.05) is 6.54 Å². The number of hydrogen-bond donors (Lipinski definition) is 2. The first-order valence-corrected chi connectivity index (χ1v) is 7.80. The van der Waals surface area contributed by atoms with Gasteiger partial charge in [-0.25, -0.2) is 4.79 Å². The molecule has 0 saturated heterocycles. The summed E-state index contributed by atoms with van der Waals surface area (Å²) in [6, 6.07) is 5.15. The van der Waals surface area contributed by atoms with Crippen LogP contribution >= 0.6 is 23.2 Å². The van der Waals surface area contributed by atoms with Gasteiger partial charge < -0.3 is 10.6 Å². The average molecular weight is 313 g/mol. The van der Waals surface area contributed by atoms with Gasteiger partial charge in [0.05, 0.1) is 0 Å². The van der Waals surface area contributed by atoms with Crippen LogP contribution in [-0.4, -0.2) is 12.6 Å². The summed E-state index contributed by atoms with van der Waals surface area (Å²) in [6.07, 6.45) is 5.34. The second kappa shape index (κ2) is 5.45. The van der Waals surface area contributed by atoms with Gasteiger partial charge in [0, 0.05) is 23.1 Å². The maximum atomic E-state index is 11.8. The molecule has 0 aromatic heterocycles. The Kier molecular flexibility index (Phi) is 3.83. The first-order chi connectivity index (χ1) is 9.59. The van der Waals surface area contributed by atoms with E-state index in [1.165, 1.54) is 25.7 Å². The Morgan fingerprint density at radius 2 is 2.10 bits per heavy atom. The Balaban J connectivity index is 1.40. The molecule has 5 heteroatoms. The summed E-state index contributed by atoms with van der Waals surface area (Å²) >= 11 is 11.9. The van der Waals surface area contributed by atoms with E-state index in [2.05, 4.69) is 10.6 Å². The largest absolute Gasteiger partial charge is 0.338 e.